The van der Waals surface area contributed by atoms with Gasteiger partial charge in [0.2, 0.25) is 10.1 Å². The van der Waals surface area contributed by atoms with Gasteiger partial charge in [-0.05, 0) is 24.8 Å². The smallest absolute Gasteiger partial charge is 0.214 e. The number of hydrogen-bond acceptors (Lipinski definition) is 5. The monoisotopic (exact) mass is 316 g/mol. The minimum Gasteiger partial charge on any atom is -0.357 e. The van der Waals surface area contributed by atoms with Gasteiger partial charge in [-0.1, -0.05) is 32.1 Å². The predicted molar refractivity (Wildman–Crippen MR) is 87.6 cm³/mol. The summed E-state index contributed by atoms with van der Waals surface area (Å²) in [6.45, 7) is 6.51. The fraction of sp³-hybridized carbons (Fsp3) is 0.533. The molecular formula is C15H20N6S. The number of aromatic amines is 1. The number of aryl methyl sites for hydroxylation is 1. The number of nitrogens with one attached hydrogen (secondary N) is 2. The Morgan fingerprint density at radius 3 is 3.05 bits per heavy atom. The largest absolute Gasteiger partial charge is 0.357 e. The van der Waals surface area contributed by atoms with Gasteiger partial charge in [-0.3, -0.25) is 5.10 Å². The molecule has 116 valence electrons. The zero-order valence-electron chi connectivity index (χ0n) is 13.1. The van der Waals surface area contributed by atoms with Crippen molar-refractivity contribution in [2.75, 3.05) is 5.32 Å². The number of hydrogen-bond donors (Lipinski definition) is 2. The van der Waals surface area contributed by atoms with Crippen LogP contribution in [-0.4, -0.2) is 30.8 Å². The summed E-state index contributed by atoms with van der Waals surface area (Å²) >= 11 is 1.62. The number of imidazole rings is 1. The third kappa shape index (κ3) is 2.39. The Morgan fingerprint density at radius 1 is 1.41 bits per heavy atom. The molecule has 6 nitrogen and oxygen atoms in total. The van der Waals surface area contributed by atoms with Crippen LogP contribution < -0.4 is 5.32 Å². The molecule has 0 fully saturated rings. The van der Waals surface area contributed by atoms with Crippen molar-refractivity contribution < 1.29 is 0 Å². The molecule has 1 atom stereocenters. The highest BCUT2D eigenvalue weighted by Crippen LogP contribution is 2.27. The maximum Gasteiger partial charge on any atom is 0.214 e. The lowest BCUT2D eigenvalue weighted by molar-refractivity contribution is 0.572. The first-order valence-electron chi connectivity index (χ1n) is 7.63. The van der Waals surface area contributed by atoms with Crippen molar-refractivity contribution in [1.82, 2.24) is 24.8 Å². The van der Waals surface area contributed by atoms with Crippen molar-refractivity contribution in [2.24, 2.45) is 0 Å². The van der Waals surface area contributed by atoms with Crippen LogP contribution in [0.3, 0.4) is 0 Å². The zero-order valence-corrected chi connectivity index (χ0v) is 13.9. The first-order valence-corrected chi connectivity index (χ1v) is 8.45. The van der Waals surface area contributed by atoms with Crippen LogP contribution in [-0.2, 0) is 18.3 Å². The maximum absolute atomic E-state index is 4.69. The number of fused-ring (bicyclic) bond motifs is 2. The van der Waals surface area contributed by atoms with Crippen LogP contribution >= 0.6 is 11.3 Å². The van der Waals surface area contributed by atoms with Crippen molar-refractivity contribution in [3.05, 3.63) is 29.3 Å². The van der Waals surface area contributed by atoms with Crippen molar-refractivity contribution in [1.29, 1.82) is 0 Å². The molecule has 0 aliphatic heterocycles. The van der Waals surface area contributed by atoms with E-state index in [1.807, 2.05) is 16.9 Å². The SMILES string of the molecule is CC(C)(C)c1cn2nc(NC3CCc4[nH]ncc4C3)sc2n1. The lowest BCUT2D eigenvalue weighted by atomic mass is 9.93. The lowest BCUT2D eigenvalue weighted by Crippen LogP contribution is -2.26. The second-order valence-electron chi connectivity index (χ2n) is 6.97. The van der Waals surface area contributed by atoms with E-state index in [1.54, 1.807) is 11.3 Å². The molecular weight excluding hydrogens is 296 g/mol. The van der Waals surface area contributed by atoms with Crippen LogP contribution in [0.2, 0.25) is 0 Å². The number of aromatic nitrogens is 5. The molecule has 0 aromatic carbocycles. The van der Waals surface area contributed by atoms with Crippen molar-refractivity contribution >= 4 is 21.4 Å². The summed E-state index contributed by atoms with van der Waals surface area (Å²) in [5.74, 6) is 0. The Labute approximate surface area is 133 Å². The molecule has 3 aromatic rings. The first-order chi connectivity index (χ1) is 10.5. The summed E-state index contributed by atoms with van der Waals surface area (Å²) in [6.07, 6.45) is 7.12. The summed E-state index contributed by atoms with van der Waals surface area (Å²) in [5.41, 5.74) is 3.74. The van der Waals surface area contributed by atoms with Gasteiger partial charge in [-0.25, -0.2) is 9.50 Å². The van der Waals surface area contributed by atoms with Crippen LogP contribution in [0.5, 0.6) is 0 Å². The fourth-order valence-corrected chi connectivity index (χ4v) is 3.69. The summed E-state index contributed by atoms with van der Waals surface area (Å²) in [7, 11) is 0. The summed E-state index contributed by atoms with van der Waals surface area (Å²) < 4.78 is 1.89. The number of anilines is 1. The number of H-pyrrole nitrogens is 1. The molecule has 0 saturated carbocycles. The number of rotatable bonds is 2. The van der Waals surface area contributed by atoms with Gasteiger partial charge in [0.25, 0.3) is 0 Å². The number of nitrogens with zero attached hydrogens (tertiary/aromatic N) is 4. The molecule has 3 aromatic heterocycles. The Hall–Kier alpha value is -1.89. The molecule has 0 spiro atoms. The highest BCUT2D eigenvalue weighted by molar-refractivity contribution is 7.20. The van der Waals surface area contributed by atoms with Crippen molar-refractivity contribution in [3.63, 3.8) is 0 Å². The molecule has 22 heavy (non-hydrogen) atoms. The highest BCUT2D eigenvalue weighted by Gasteiger charge is 2.22. The quantitative estimate of drug-likeness (QED) is 0.762. The van der Waals surface area contributed by atoms with Gasteiger partial charge in [0.05, 0.1) is 18.1 Å². The average molecular weight is 316 g/mol. The molecule has 1 aliphatic carbocycles. The third-order valence-electron chi connectivity index (χ3n) is 4.16. The molecule has 0 radical (unpaired) electrons. The summed E-state index contributed by atoms with van der Waals surface area (Å²) in [4.78, 5) is 5.64. The Kier molecular flexibility index (Phi) is 3.00. The van der Waals surface area contributed by atoms with Gasteiger partial charge in [0.15, 0.2) is 0 Å². The zero-order chi connectivity index (χ0) is 15.3. The van der Waals surface area contributed by atoms with Gasteiger partial charge >= 0.3 is 0 Å². The summed E-state index contributed by atoms with van der Waals surface area (Å²) in [5, 5.41) is 16.3. The maximum atomic E-state index is 4.69. The Morgan fingerprint density at radius 2 is 2.27 bits per heavy atom. The molecule has 0 saturated heterocycles. The Bertz CT molecular complexity index is 774. The van der Waals surface area contributed by atoms with E-state index in [2.05, 4.69) is 46.4 Å². The van der Waals surface area contributed by atoms with Crippen LogP contribution in [0, 0.1) is 0 Å². The van der Waals surface area contributed by atoms with Crippen LogP contribution in [0.15, 0.2) is 12.4 Å². The lowest BCUT2D eigenvalue weighted by Gasteiger charge is -2.22. The van der Waals surface area contributed by atoms with Gasteiger partial charge < -0.3 is 5.32 Å². The standard InChI is InChI=1S/C15H20N6S/c1-15(2,3)12-8-21-14(18-12)22-13(20-21)17-10-4-5-11-9(6-10)7-16-19-11/h7-8,10H,4-6H2,1-3H3,(H,16,19)(H,17,20). The van der Waals surface area contributed by atoms with Crippen molar-refractivity contribution in [3.8, 4) is 0 Å². The minimum absolute atomic E-state index is 0.0576. The highest BCUT2D eigenvalue weighted by atomic mass is 32.1. The molecule has 0 amide bonds. The normalized spacial score (nSPS) is 18.6. The van der Waals surface area contributed by atoms with E-state index in [9.17, 15) is 0 Å². The van der Waals surface area contributed by atoms with E-state index in [4.69, 9.17) is 0 Å². The van der Waals surface area contributed by atoms with Crippen LogP contribution in [0.1, 0.15) is 44.1 Å². The molecule has 1 aliphatic rings. The molecule has 2 N–H and O–H groups in total. The van der Waals surface area contributed by atoms with Crippen LogP contribution in [0.4, 0.5) is 5.13 Å². The van der Waals surface area contributed by atoms with E-state index in [-0.39, 0.29) is 5.41 Å². The van der Waals surface area contributed by atoms with E-state index >= 15 is 0 Å². The van der Waals surface area contributed by atoms with Crippen LogP contribution in [0.25, 0.3) is 4.96 Å². The van der Waals surface area contributed by atoms with E-state index in [0.29, 0.717) is 6.04 Å². The van der Waals surface area contributed by atoms with E-state index < -0.39 is 0 Å². The van der Waals surface area contributed by atoms with E-state index in [0.717, 1.165) is 35.0 Å². The second kappa shape index (κ2) is 4.81. The molecule has 3 heterocycles. The molecule has 4 rings (SSSR count). The Balaban J connectivity index is 1.52. The molecule has 7 heteroatoms. The average Bonchev–Trinajstić information content (AvgIpc) is 3.10. The van der Waals surface area contributed by atoms with Crippen molar-refractivity contribution in [2.45, 2.75) is 51.5 Å². The van der Waals surface area contributed by atoms with Gasteiger partial charge in [0, 0.05) is 17.2 Å². The van der Waals surface area contributed by atoms with E-state index in [1.165, 1.54) is 11.3 Å². The van der Waals surface area contributed by atoms with Gasteiger partial charge in [-0.15, -0.1) is 5.10 Å². The minimum atomic E-state index is 0.0576. The molecule has 0 bridgehead atoms. The fourth-order valence-electron chi connectivity index (χ4n) is 2.83. The molecule has 1 unspecified atom stereocenters. The summed E-state index contributed by atoms with van der Waals surface area (Å²) in [6, 6.07) is 0.419. The first kappa shape index (κ1) is 13.8. The predicted octanol–water partition coefficient (Wildman–Crippen LogP) is 2.78. The van der Waals surface area contributed by atoms with Gasteiger partial charge in [-0.2, -0.15) is 5.10 Å². The second-order valence-corrected chi connectivity index (χ2v) is 7.92. The third-order valence-corrected chi connectivity index (χ3v) is 5.01. The van der Waals surface area contributed by atoms with Gasteiger partial charge in [0.1, 0.15) is 0 Å². The topological polar surface area (TPSA) is 70.9 Å².